The van der Waals surface area contributed by atoms with Gasteiger partial charge in [-0.2, -0.15) is 21.6 Å². The summed E-state index contributed by atoms with van der Waals surface area (Å²) in [5, 5.41) is 0. The zero-order valence-corrected chi connectivity index (χ0v) is 9.07. The van der Waals surface area contributed by atoms with Crippen molar-refractivity contribution in [2.75, 3.05) is 0 Å². The summed E-state index contributed by atoms with van der Waals surface area (Å²) in [4.78, 5) is 10.5. The molecule has 0 aromatic carbocycles. The van der Waals surface area contributed by atoms with Crippen LogP contribution in [0.4, 0.5) is 18.0 Å². The van der Waals surface area contributed by atoms with Gasteiger partial charge in [-0.05, 0) is 13.8 Å². The molecule has 5 nitrogen and oxygen atoms in total. The molecule has 0 bridgehead atoms. The van der Waals surface area contributed by atoms with Crippen LogP contribution in [0.5, 0.6) is 0 Å². The summed E-state index contributed by atoms with van der Waals surface area (Å²) in [7, 11) is -5.67. The van der Waals surface area contributed by atoms with Gasteiger partial charge >= 0.3 is 40.5 Å². The summed E-state index contributed by atoms with van der Waals surface area (Å²) in [6.45, 7) is 2.72. The Morgan fingerprint density at radius 1 is 1.40 bits per heavy atom. The van der Waals surface area contributed by atoms with Crippen LogP contribution in [0.25, 0.3) is 0 Å². The van der Waals surface area contributed by atoms with E-state index in [1.165, 1.54) is 13.8 Å². The van der Waals surface area contributed by atoms with Crippen molar-refractivity contribution in [3.63, 3.8) is 0 Å². The van der Waals surface area contributed by atoms with Crippen LogP contribution < -0.4 is 23.6 Å². The second-order valence-corrected chi connectivity index (χ2v) is 4.18. The molecule has 0 aliphatic heterocycles. The van der Waals surface area contributed by atoms with Gasteiger partial charge in [-0.25, -0.2) is 9.52 Å². The van der Waals surface area contributed by atoms with Gasteiger partial charge in [0.25, 0.3) is 0 Å². The fourth-order valence-corrected chi connectivity index (χ4v) is 0.789. The monoisotopic (exact) mass is 243 g/mol. The first-order chi connectivity index (χ1) is 6.06. The van der Waals surface area contributed by atoms with Crippen LogP contribution in [0, 0.1) is 0 Å². The first-order valence-corrected chi connectivity index (χ1v) is 4.84. The fraction of sp³-hybridized carbons (Fsp3) is 0.800. The first kappa shape index (κ1) is 17.0. The molecular weight excluding hydrogens is 234 g/mol. The maximum atomic E-state index is 11.7. The van der Waals surface area contributed by atoms with Gasteiger partial charge in [-0.1, -0.05) is 0 Å². The molecule has 0 aromatic rings. The molecule has 86 valence electrons. The quantitative estimate of drug-likeness (QED) is 0.574. The third-order valence-electron chi connectivity index (χ3n) is 0.865. The molecular formula is C5H9F3LiNO4S. The van der Waals surface area contributed by atoms with Crippen LogP contribution in [0.2, 0.25) is 0 Å². The standard InChI is InChI=1S/C5H8F3NO4S.Li.H/c1-3(2)13-4(10)9-14(11,12)5(6,7)8;;/h3H,1-2H3,(H,9,10);;/q;+1;-1. The summed E-state index contributed by atoms with van der Waals surface area (Å²) in [6.07, 6.45) is -2.37. The van der Waals surface area contributed by atoms with Gasteiger partial charge in [0.05, 0.1) is 6.10 Å². The molecule has 1 N–H and O–H groups in total. The van der Waals surface area contributed by atoms with E-state index in [1.807, 2.05) is 0 Å². The molecule has 0 radical (unpaired) electrons. The molecule has 0 aromatic heterocycles. The molecule has 0 saturated heterocycles. The van der Waals surface area contributed by atoms with E-state index in [0.717, 1.165) is 0 Å². The summed E-state index contributed by atoms with van der Waals surface area (Å²) in [6, 6.07) is 0. The van der Waals surface area contributed by atoms with Crippen molar-refractivity contribution in [2.24, 2.45) is 0 Å². The smallest absolute Gasteiger partial charge is 1.00 e. The van der Waals surface area contributed by atoms with E-state index < -0.39 is 27.7 Å². The summed E-state index contributed by atoms with van der Waals surface area (Å²) < 4.78 is 60.5. The Labute approximate surface area is 98.1 Å². The van der Waals surface area contributed by atoms with Crippen LogP contribution in [-0.4, -0.2) is 26.1 Å². The van der Waals surface area contributed by atoms with Gasteiger partial charge in [0.1, 0.15) is 0 Å². The minimum atomic E-state index is -5.67. The largest absolute Gasteiger partial charge is 1.00 e. The van der Waals surface area contributed by atoms with Gasteiger partial charge in [0, 0.05) is 0 Å². The number of rotatable bonds is 2. The summed E-state index contributed by atoms with van der Waals surface area (Å²) in [5.41, 5.74) is -5.52. The van der Waals surface area contributed by atoms with Crippen molar-refractivity contribution in [3.8, 4) is 0 Å². The summed E-state index contributed by atoms with van der Waals surface area (Å²) >= 11 is 0. The number of amides is 1. The number of hydrogen-bond donors (Lipinski definition) is 1. The number of nitrogens with one attached hydrogen (secondary N) is 1. The molecule has 0 unspecified atom stereocenters. The zero-order valence-electron chi connectivity index (χ0n) is 9.25. The van der Waals surface area contributed by atoms with Gasteiger partial charge in [-0.3, -0.25) is 0 Å². The maximum Gasteiger partial charge on any atom is 1.00 e. The summed E-state index contributed by atoms with van der Waals surface area (Å²) in [5.74, 6) is 0. The molecule has 0 rings (SSSR count). The second-order valence-electron chi connectivity index (χ2n) is 2.51. The van der Waals surface area contributed by atoms with Crippen molar-refractivity contribution in [3.05, 3.63) is 0 Å². The normalized spacial score (nSPS) is 11.9. The van der Waals surface area contributed by atoms with Crippen LogP contribution in [0.15, 0.2) is 0 Å². The molecule has 1 amide bonds. The predicted molar refractivity (Wildman–Crippen MR) is 40.8 cm³/mol. The molecule has 0 fully saturated rings. The number of alkyl halides is 3. The van der Waals surface area contributed by atoms with E-state index in [4.69, 9.17) is 0 Å². The fourth-order valence-electron chi connectivity index (χ4n) is 0.406. The van der Waals surface area contributed by atoms with Crippen LogP contribution in [0.1, 0.15) is 15.3 Å². The average molecular weight is 243 g/mol. The SMILES string of the molecule is CC(C)OC(=O)NS(=O)(=O)C(F)(F)F.[H-].[Li+]. The first-order valence-electron chi connectivity index (χ1n) is 3.36. The number of carbonyl (C=O) groups excluding carboxylic acids is 1. The van der Waals surface area contributed by atoms with Gasteiger partial charge in [-0.15, -0.1) is 0 Å². The topological polar surface area (TPSA) is 72.5 Å². The van der Waals surface area contributed by atoms with E-state index >= 15 is 0 Å². The van der Waals surface area contributed by atoms with Crippen LogP contribution in [0.3, 0.4) is 0 Å². The Hall–Kier alpha value is -0.393. The van der Waals surface area contributed by atoms with E-state index in [1.54, 1.807) is 0 Å². The molecule has 0 aliphatic carbocycles. The van der Waals surface area contributed by atoms with E-state index in [9.17, 15) is 26.4 Å². The maximum absolute atomic E-state index is 11.7. The number of halogens is 3. The van der Waals surface area contributed by atoms with E-state index in [-0.39, 0.29) is 20.3 Å². The van der Waals surface area contributed by atoms with Crippen LogP contribution in [-0.2, 0) is 14.8 Å². The number of carbonyl (C=O) groups is 1. The Kier molecular flexibility index (Phi) is 6.38. The number of ether oxygens (including phenoxy) is 1. The Bertz CT molecular complexity index is 318. The van der Waals surface area contributed by atoms with E-state index in [0.29, 0.717) is 4.72 Å². The van der Waals surface area contributed by atoms with Crippen molar-refractivity contribution >= 4 is 16.1 Å². The third kappa shape index (κ3) is 5.91. The van der Waals surface area contributed by atoms with Gasteiger partial charge in [0.2, 0.25) is 0 Å². The van der Waals surface area contributed by atoms with E-state index in [2.05, 4.69) is 4.74 Å². The van der Waals surface area contributed by atoms with Crippen molar-refractivity contribution in [2.45, 2.75) is 25.5 Å². The molecule has 0 spiro atoms. The average Bonchev–Trinajstić information content (AvgIpc) is 1.79. The number of sulfonamides is 1. The van der Waals surface area contributed by atoms with Gasteiger partial charge in [0.15, 0.2) is 0 Å². The van der Waals surface area contributed by atoms with Crippen molar-refractivity contribution < 1.29 is 51.4 Å². The molecule has 0 atom stereocenters. The Morgan fingerprint density at radius 3 is 2.07 bits per heavy atom. The number of hydrogen-bond acceptors (Lipinski definition) is 4. The van der Waals surface area contributed by atoms with Crippen LogP contribution >= 0.6 is 0 Å². The second kappa shape index (κ2) is 5.63. The molecule has 0 heterocycles. The third-order valence-corrected chi connectivity index (χ3v) is 1.91. The predicted octanol–water partition coefficient (Wildman–Crippen LogP) is -1.91. The minimum absolute atomic E-state index is 0. The zero-order chi connectivity index (χ0) is 11.6. The van der Waals surface area contributed by atoms with Crippen molar-refractivity contribution in [1.82, 2.24) is 4.72 Å². The Balaban J connectivity index is -0.000000845. The molecule has 0 aliphatic rings. The molecule has 0 saturated carbocycles. The Morgan fingerprint density at radius 2 is 1.80 bits per heavy atom. The van der Waals surface area contributed by atoms with Gasteiger partial charge < -0.3 is 6.16 Å². The van der Waals surface area contributed by atoms with Crippen molar-refractivity contribution in [1.29, 1.82) is 0 Å². The molecule has 10 heteroatoms. The minimum Gasteiger partial charge on any atom is -1.00 e. The molecule has 15 heavy (non-hydrogen) atoms.